The number of nitrogens with zero attached hydrogens (tertiary/aromatic N) is 2. The van der Waals surface area contributed by atoms with Crippen molar-refractivity contribution in [2.24, 2.45) is 0 Å². The van der Waals surface area contributed by atoms with Crippen molar-refractivity contribution in [2.75, 3.05) is 19.0 Å². The minimum absolute atomic E-state index is 0.238. The smallest absolute Gasteiger partial charge is 0.128 e. The van der Waals surface area contributed by atoms with Gasteiger partial charge in [-0.2, -0.15) is 9.64 Å². The first-order chi connectivity index (χ1) is 7.22. The average molecular weight is 225 g/mol. The van der Waals surface area contributed by atoms with E-state index in [-0.39, 0.29) is 6.04 Å². The number of nitriles is 1. The predicted molar refractivity (Wildman–Crippen MR) is 61.1 cm³/mol. The summed E-state index contributed by atoms with van der Waals surface area (Å²) in [6.45, 7) is 4.56. The molecule has 1 atom stereocenters. The Balaban J connectivity index is 2.75. The lowest BCUT2D eigenvalue weighted by Crippen LogP contribution is -2.23. The van der Waals surface area contributed by atoms with E-state index in [0.717, 1.165) is 17.1 Å². The summed E-state index contributed by atoms with van der Waals surface area (Å²) in [6, 6.07) is 2.40. The molecular weight excluding hydrogens is 210 g/mol. The van der Waals surface area contributed by atoms with Crippen molar-refractivity contribution in [1.29, 1.82) is 5.26 Å². The summed E-state index contributed by atoms with van der Waals surface area (Å²) in [6.07, 6.45) is 0.954. The van der Waals surface area contributed by atoms with Crippen LogP contribution in [0.3, 0.4) is 0 Å². The van der Waals surface area contributed by atoms with Crippen LogP contribution in [-0.2, 0) is 4.74 Å². The molecule has 0 spiro atoms. The summed E-state index contributed by atoms with van der Waals surface area (Å²) >= 11 is 1.33. The standard InChI is InChI=1S/C10H15N3OS/c1-4-8(6-14-3)12-10-9(5-11)7(2)13-15-10/h8,12H,4,6H2,1-3H3. The van der Waals surface area contributed by atoms with Crippen LogP contribution in [0, 0.1) is 18.3 Å². The van der Waals surface area contributed by atoms with Gasteiger partial charge < -0.3 is 10.1 Å². The molecule has 15 heavy (non-hydrogen) atoms. The van der Waals surface area contributed by atoms with E-state index in [0.29, 0.717) is 12.2 Å². The SMILES string of the molecule is CCC(COC)Nc1snc(C)c1C#N. The molecule has 0 aliphatic rings. The Morgan fingerprint density at radius 3 is 2.93 bits per heavy atom. The van der Waals surface area contributed by atoms with Crippen molar-refractivity contribution in [3.05, 3.63) is 11.3 Å². The van der Waals surface area contributed by atoms with E-state index in [9.17, 15) is 0 Å². The highest BCUT2D eigenvalue weighted by molar-refractivity contribution is 7.10. The summed E-state index contributed by atoms with van der Waals surface area (Å²) in [7, 11) is 1.67. The lowest BCUT2D eigenvalue weighted by Gasteiger charge is -2.15. The molecule has 0 aliphatic heterocycles. The highest BCUT2D eigenvalue weighted by Gasteiger charge is 2.13. The van der Waals surface area contributed by atoms with Crippen LogP contribution in [0.15, 0.2) is 0 Å². The van der Waals surface area contributed by atoms with Crippen molar-refractivity contribution in [1.82, 2.24) is 4.37 Å². The third-order valence-electron chi connectivity index (χ3n) is 2.17. The van der Waals surface area contributed by atoms with Gasteiger partial charge in [-0.1, -0.05) is 6.92 Å². The zero-order chi connectivity index (χ0) is 11.3. The second kappa shape index (κ2) is 5.69. The normalized spacial score (nSPS) is 12.1. The topological polar surface area (TPSA) is 57.9 Å². The van der Waals surface area contributed by atoms with Crippen molar-refractivity contribution >= 4 is 16.5 Å². The highest BCUT2D eigenvalue weighted by atomic mass is 32.1. The summed E-state index contributed by atoms with van der Waals surface area (Å²) in [4.78, 5) is 0. The number of aryl methyl sites for hydroxylation is 1. The zero-order valence-electron chi connectivity index (χ0n) is 9.20. The van der Waals surface area contributed by atoms with Crippen LogP contribution >= 0.6 is 11.5 Å². The monoisotopic (exact) mass is 225 g/mol. The van der Waals surface area contributed by atoms with Crippen LogP contribution in [0.5, 0.6) is 0 Å². The largest absolute Gasteiger partial charge is 0.383 e. The Bertz CT molecular complexity index is 356. The lowest BCUT2D eigenvalue weighted by atomic mass is 10.2. The van der Waals surface area contributed by atoms with Gasteiger partial charge in [-0.3, -0.25) is 0 Å². The summed E-state index contributed by atoms with van der Waals surface area (Å²) in [5.41, 5.74) is 1.44. The average Bonchev–Trinajstić information content (AvgIpc) is 2.58. The van der Waals surface area contributed by atoms with Gasteiger partial charge in [0.15, 0.2) is 0 Å². The molecule has 0 amide bonds. The van der Waals surface area contributed by atoms with E-state index >= 15 is 0 Å². The molecule has 0 aliphatic carbocycles. The minimum atomic E-state index is 0.238. The molecule has 5 heteroatoms. The fourth-order valence-corrected chi connectivity index (χ4v) is 2.07. The van der Waals surface area contributed by atoms with Crippen molar-refractivity contribution in [2.45, 2.75) is 26.3 Å². The molecule has 0 fully saturated rings. The number of hydrogen-bond donors (Lipinski definition) is 1. The summed E-state index contributed by atoms with van der Waals surface area (Å²) in [5, 5.41) is 13.1. The molecule has 0 saturated carbocycles. The molecule has 0 bridgehead atoms. The van der Waals surface area contributed by atoms with E-state index in [1.54, 1.807) is 7.11 Å². The first kappa shape index (κ1) is 12.0. The van der Waals surface area contributed by atoms with Gasteiger partial charge in [0.1, 0.15) is 16.6 Å². The number of nitrogens with one attached hydrogen (secondary N) is 1. The van der Waals surface area contributed by atoms with Gasteiger partial charge in [0.2, 0.25) is 0 Å². The number of anilines is 1. The van der Waals surface area contributed by atoms with E-state index in [1.165, 1.54) is 11.5 Å². The Kier molecular flexibility index (Phi) is 4.53. The molecule has 0 aromatic carbocycles. The Labute approximate surface area is 94.0 Å². The molecule has 0 radical (unpaired) electrons. The molecular formula is C10H15N3OS. The van der Waals surface area contributed by atoms with Gasteiger partial charge in [-0.15, -0.1) is 0 Å². The van der Waals surface area contributed by atoms with Gasteiger partial charge in [0.25, 0.3) is 0 Å². The third kappa shape index (κ3) is 2.91. The lowest BCUT2D eigenvalue weighted by molar-refractivity contribution is 0.184. The number of rotatable bonds is 5. The number of methoxy groups -OCH3 is 1. The quantitative estimate of drug-likeness (QED) is 0.834. The Morgan fingerprint density at radius 1 is 1.67 bits per heavy atom. The molecule has 82 valence electrons. The Morgan fingerprint density at radius 2 is 2.40 bits per heavy atom. The Hall–Kier alpha value is -1.12. The van der Waals surface area contributed by atoms with Crippen molar-refractivity contribution in [3.63, 3.8) is 0 Å². The summed E-state index contributed by atoms with van der Waals surface area (Å²) in [5.74, 6) is 0. The molecule has 1 aromatic heterocycles. The van der Waals surface area contributed by atoms with Gasteiger partial charge in [0, 0.05) is 7.11 Å². The minimum Gasteiger partial charge on any atom is -0.383 e. The number of aromatic nitrogens is 1. The van der Waals surface area contributed by atoms with Crippen LogP contribution in [0.4, 0.5) is 5.00 Å². The highest BCUT2D eigenvalue weighted by Crippen LogP contribution is 2.24. The molecule has 1 heterocycles. The van der Waals surface area contributed by atoms with Crippen molar-refractivity contribution < 1.29 is 4.74 Å². The van der Waals surface area contributed by atoms with Crippen LogP contribution in [0.1, 0.15) is 24.6 Å². The van der Waals surface area contributed by atoms with E-state index < -0.39 is 0 Å². The fourth-order valence-electron chi connectivity index (χ4n) is 1.25. The molecule has 4 nitrogen and oxygen atoms in total. The predicted octanol–water partition coefficient (Wildman–Crippen LogP) is 2.16. The summed E-state index contributed by atoms with van der Waals surface area (Å²) < 4.78 is 9.24. The molecule has 1 N–H and O–H groups in total. The maximum Gasteiger partial charge on any atom is 0.128 e. The zero-order valence-corrected chi connectivity index (χ0v) is 10.0. The van der Waals surface area contributed by atoms with Gasteiger partial charge >= 0.3 is 0 Å². The van der Waals surface area contributed by atoms with Crippen LogP contribution in [0.2, 0.25) is 0 Å². The molecule has 1 aromatic rings. The number of ether oxygens (including phenoxy) is 1. The maximum absolute atomic E-state index is 8.95. The van der Waals surface area contributed by atoms with E-state index in [4.69, 9.17) is 10.00 Å². The molecule has 1 unspecified atom stereocenters. The fraction of sp³-hybridized carbons (Fsp3) is 0.600. The second-order valence-electron chi connectivity index (χ2n) is 3.29. The van der Waals surface area contributed by atoms with Gasteiger partial charge in [-0.25, -0.2) is 0 Å². The van der Waals surface area contributed by atoms with E-state index in [1.807, 2.05) is 6.92 Å². The van der Waals surface area contributed by atoms with Gasteiger partial charge in [0.05, 0.1) is 18.3 Å². The number of hydrogen-bond acceptors (Lipinski definition) is 5. The van der Waals surface area contributed by atoms with Crippen molar-refractivity contribution in [3.8, 4) is 6.07 Å². The first-order valence-electron chi connectivity index (χ1n) is 4.84. The second-order valence-corrected chi connectivity index (χ2v) is 4.06. The van der Waals surface area contributed by atoms with E-state index in [2.05, 4.69) is 22.7 Å². The molecule has 1 rings (SSSR count). The first-order valence-corrected chi connectivity index (χ1v) is 5.62. The third-order valence-corrected chi connectivity index (χ3v) is 3.04. The molecule has 0 saturated heterocycles. The van der Waals surface area contributed by atoms with Crippen LogP contribution in [-0.4, -0.2) is 24.1 Å². The van der Waals surface area contributed by atoms with Gasteiger partial charge in [-0.05, 0) is 24.9 Å². The van der Waals surface area contributed by atoms with Crippen LogP contribution in [0.25, 0.3) is 0 Å². The van der Waals surface area contributed by atoms with Crippen LogP contribution < -0.4 is 5.32 Å². The maximum atomic E-state index is 8.95.